The van der Waals surface area contributed by atoms with Gasteiger partial charge in [-0.1, -0.05) is 6.42 Å². The van der Waals surface area contributed by atoms with E-state index < -0.39 is 0 Å². The first kappa shape index (κ1) is 11.7. The number of aryl methyl sites for hydroxylation is 2. The standard InChI is InChI=1S/C14H23NO/c1-10-7-8-11(2)15(10)14-6-4-5-13(9-14)12(3)16/h7-8,12-14,16H,4-6,9H2,1-3H3/t12?,13-,14-/m0/s1. The van der Waals surface area contributed by atoms with Crippen LogP contribution in [0, 0.1) is 19.8 Å². The van der Waals surface area contributed by atoms with Gasteiger partial charge in [0.2, 0.25) is 0 Å². The molecule has 1 heterocycles. The van der Waals surface area contributed by atoms with Crippen molar-refractivity contribution < 1.29 is 5.11 Å². The van der Waals surface area contributed by atoms with Crippen LogP contribution in [0.25, 0.3) is 0 Å². The number of aliphatic hydroxyl groups is 1. The third kappa shape index (κ3) is 2.17. The summed E-state index contributed by atoms with van der Waals surface area (Å²) in [6, 6.07) is 4.99. The van der Waals surface area contributed by atoms with Crippen LogP contribution in [0.15, 0.2) is 12.1 Å². The van der Waals surface area contributed by atoms with Crippen molar-refractivity contribution in [3.8, 4) is 0 Å². The van der Waals surface area contributed by atoms with E-state index in [1.807, 2.05) is 6.92 Å². The largest absolute Gasteiger partial charge is 0.393 e. The highest BCUT2D eigenvalue weighted by atomic mass is 16.3. The zero-order valence-electron chi connectivity index (χ0n) is 10.6. The molecule has 2 rings (SSSR count). The molecule has 0 spiro atoms. The third-order valence-corrected chi connectivity index (χ3v) is 4.06. The van der Waals surface area contributed by atoms with E-state index in [1.165, 1.54) is 30.7 Å². The fourth-order valence-electron chi connectivity index (χ4n) is 3.13. The predicted octanol–water partition coefficient (Wildman–Crippen LogP) is 3.22. The topological polar surface area (TPSA) is 25.2 Å². The number of hydrogen-bond acceptors (Lipinski definition) is 1. The summed E-state index contributed by atoms with van der Waals surface area (Å²) < 4.78 is 2.45. The molecule has 1 N–H and O–H groups in total. The molecule has 90 valence electrons. The second kappa shape index (κ2) is 4.62. The van der Waals surface area contributed by atoms with Gasteiger partial charge in [0, 0.05) is 17.4 Å². The maximum absolute atomic E-state index is 9.72. The lowest BCUT2D eigenvalue weighted by Gasteiger charge is -2.33. The van der Waals surface area contributed by atoms with Crippen LogP contribution in [0.5, 0.6) is 0 Å². The summed E-state index contributed by atoms with van der Waals surface area (Å²) in [5.74, 6) is 0.486. The van der Waals surface area contributed by atoms with E-state index in [2.05, 4.69) is 30.5 Å². The Labute approximate surface area is 98.3 Å². The lowest BCUT2D eigenvalue weighted by Crippen LogP contribution is -2.27. The SMILES string of the molecule is Cc1ccc(C)n1[C@H]1CCC[C@H](C(C)O)C1. The molecule has 0 aliphatic heterocycles. The van der Waals surface area contributed by atoms with Crippen molar-refractivity contribution in [2.24, 2.45) is 5.92 Å². The molecule has 1 fully saturated rings. The molecular weight excluding hydrogens is 198 g/mol. The quantitative estimate of drug-likeness (QED) is 0.815. The van der Waals surface area contributed by atoms with Crippen LogP contribution in [0.3, 0.4) is 0 Å². The molecule has 1 aliphatic carbocycles. The molecule has 16 heavy (non-hydrogen) atoms. The minimum absolute atomic E-state index is 0.154. The first-order valence-electron chi connectivity index (χ1n) is 6.42. The van der Waals surface area contributed by atoms with E-state index >= 15 is 0 Å². The van der Waals surface area contributed by atoms with Gasteiger partial charge in [0.25, 0.3) is 0 Å². The van der Waals surface area contributed by atoms with Crippen LogP contribution < -0.4 is 0 Å². The highest BCUT2D eigenvalue weighted by Gasteiger charge is 2.26. The Balaban J connectivity index is 2.16. The Morgan fingerprint density at radius 2 is 1.88 bits per heavy atom. The van der Waals surface area contributed by atoms with Gasteiger partial charge in [-0.15, -0.1) is 0 Å². The van der Waals surface area contributed by atoms with Crippen molar-refractivity contribution in [2.45, 2.75) is 58.6 Å². The number of nitrogens with zero attached hydrogens (tertiary/aromatic N) is 1. The van der Waals surface area contributed by atoms with Gasteiger partial charge in [-0.05, 0) is 58.1 Å². The summed E-state index contributed by atoms with van der Waals surface area (Å²) >= 11 is 0. The van der Waals surface area contributed by atoms with E-state index in [0.717, 1.165) is 6.42 Å². The maximum Gasteiger partial charge on any atom is 0.0541 e. The normalized spacial score (nSPS) is 28.0. The third-order valence-electron chi connectivity index (χ3n) is 4.06. The highest BCUT2D eigenvalue weighted by Crippen LogP contribution is 2.35. The number of hydrogen-bond donors (Lipinski definition) is 1. The zero-order chi connectivity index (χ0) is 11.7. The van der Waals surface area contributed by atoms with Crippen molar-refractivity contribution in [2.75, 3.05) is 0 Å². The van der Waals surface area contributed by atoms with E-state index in [9.17, 15) is 5.11 Å². The summed E-state index contributed by atoms with van der Waals surface area (Å²) in [6.07, 6.45) is 4.68. The highest BCUT2D eigenvalue weighted by molar-refractivity contribution is 5.15. The van der Waals surface area contributed by atoms with Crippen LogP contribution in [0.2, 0.25) is 0 Å². The summed E-state index contributed by atoms with van der Waals surface area (Å²) in [6.45, 7) is 6.29. The van der Waals surface area contributed by atoms with E-state index in [4.69, 9.17) is 0 Å². The molecule has 2 heteroatoms. The van der Waals surface area contributed by atoms with Crippen LogP contribution in [0.4, 0.5) is 0 Å². The second-order valence-electron chi connectivity index (χ2n) is 5.31. The Bertz CT molecular complexity index is 334. The molecule has 0 bridgehead atoms. The Morgan fingerprint density at radius 1 is 1.25 bits per heavy atom. The van der Waals surface area contributed by atoms with Crippen LogP contribution in [-0.2, 0) is 0 Å². The van der Waals surface area contributed by atoms with Gasteiger partial charge in [0.05, 0.1) is 6.10 Å². The van der Waals surface area contributed by atoms with Gasteiger partial charge in [-0.2, -0.15) is 0 Å². The van der Waals surface area contributed by atoms with Crippen molar-refractivity contribution in [3.63, 3.8) is 0 Å². The lowest BCUT2D eigenvalue weighted by molar-refractivity contribution is 0.0846. The average molecular weight is 221 g/mol. The lowest BCUT2D eigenvalue weighted by atomic mass is 9.82. The number of aliphatic hydroxyl groups excluding tert-OH is 1. The van der Waals surface area contributed by atoms with Gasteiger partial charge in [-0.25, -0.2) is 0 Å². The number of aromatic nitrogens is 1. The molecule has 0 radical (unpaired) electrons. The molecular formula is C14H23NO. The second-order valence-corrected chi connectivity index (χ2v) is 5.31. The van der Waals surface area contributed by atoms with Crippen molar-refractivity contribution >= 4 is 0 Å². The smallest absolute Gasteiger partial charge is 0.0541 e. The Kier molecular flexibility index (Phi) is 3.38. The van der Waals surface area contributed by atoms with Crippen LogP contribution in [0.1, 0.15) is 50.0 Å². The first-order chi connectivity index (χ1) is 7.59. The predicted molar refractivity (Wildman–Crippen MR) is 66.6 cm³/mol. The van der Waals surface area contributed by atoms with Gasteiger partial charge in [-0.3, -0.25) is 0 Å². The average Bonchev–Trinajstić information content (AvgIpc) is 2.59. The monoisotopic (exact) mass is 221 g/mol. The summed E-state index contributed by atoms with van der Waals surface area (Å²) in [5.41, 5.74) is 2.71. The molecule has 3 atom stereocenters. The fraction of sp³-hybridized carbons (Fsp3) is 0.714. The van der Waals surface area contributed by atoms with Crippen LogP contribution >= 0.6 is 0 Å². The minimum Gasteiger partial charge on any atom is -0.393 e. The van der Waals surface area contributed by atoms with Gasteiger partial charge >= 0.3 is 0 Å². The van der Waals surface area contributed by atoms with Crippen molar-refractivity contribution in [3.05, 3.63) is 23.5 Å². The van der Waals surface area contributed by atoms with Gasteiger partial charge in [0.1, 0.15) is 0 Å². The molecule has 0 aromatic carbocycles. The molecule has 0 saturated heterocycles. The van der Waals surface area contributed by atoms with Crippen molar-refractivity contribution in [1.29, 1.82) is 0 Å². The Morgan fingerprint density at radius 3 is 2.44 bits per heavy atom. The zero-order valence-corrected chi connectivity index (χ0v) is 10.6. The van der Waals surface area contributed by atoms with E-state index in [-0.39, 0.29) is 6.10 Å². The van der Waals surface area contributed by atoms with E-state index in [1.54, 1.807) is 0 Å². The fourth-order valence-corrected chi connectivity index (χ4v) is 3.13. The molecule has 1 aromatic rings. The van der Waals surface area contributed by atoms with E-state index in [0.29, 0.717) is 12.0 Å². The molecule has 1 aliphatic rings. The van der Waals surface area contributed by atoms with Crippen molar-refractivity contribution in [1.82, 2.24) is 4.57 Å². The summed E-state index contributed by atoms with van der Waals surface area (Å²) in [7, 11) is 0. The maximum atomic E-state index is 9.72. The molecule has 1 aromatic heterocycles. The number of rotatable bonds is 2. The molecule has 2 nitrogen and oxygen atoms in total. The first-order valence-corrected chi connectivity index (χ1v) is 6.42. The molecule has 1 unspecified atom stereocenters. The summed E-state index contributed by atoms with van der Waals surface area (Å²) in [5, 5.41) is 9.72. The molecule has 1 saturated carbocycles. The Hall–Kier alpha value is -0.760. The van der Waals surface area contributed by atoms with Crippen LogP contribution in [-0.4, -0.2) is 15.8 Å². The molecule has 0 amide bonds. The minimum atomic E-state index is -0.154. The van der Waals surface area contributed by atoms with Gasteiger partial charge < -0.3 is 9.67 Å². The summed E-state index contributed by atoms with van der Waals surface area (Å²) in [4.78, 5) is 0. The van der Waals surface area contributed by atoms with Gasteiger partial charge in [0.15, 0.2) is 0 Å².